The number of nitrogens with zero attached hydrogens (tertiary/aromatic N) is 2. The fraction of sp³-hybridized carbons (Fsp3) is 0.393. The topological polar surface area (TPSA) is 74.4 Å². The van der Waals surface area contributed by atoms with Crippen molar-refractivity contribution in [1.29, 1.82) is 5.26 Å². The van der Waals surface area contributed by atoms with Crippen LogP contribution in [-0.4, -0.2) is 22.6 Å². The van der Waals surface area contributed by atoms with Gasteiger partial charge >= 0.3 is 0 Å². The fourth-order valence-electron chi connectivity index (χ4n) is 7.26. The molecule has 5 nitrogen and oxygen atoms in total. The number of hydrogen-bond acceptors (Lipinski definition) is 3. The number of fused-ring (bicyclic) bond motifs is 1. The number of benzene rings is 1. The molecule has 4 bridgehead atoms. The van der Waals surface area contributed by atoms with E-state index >= 15 is 0 Å². The molecule has 0 saturated heterocycles. The third-order valence-corrected chi connectivity index (χ3v) is 8.21. The quantitative estimate of drug-likeness (QED) is 0.572. The second kappa shape index (κ2) is 7.59. The Hall–Kier alpha value is -3.39. The Labute approximate surface area is 193 Å². The van der Waals surface area contributed by atoms with Crippen LogP contribution in [0.5, 0.6) is 0 Å². The molecule has 3 aromatic rings. The maximum absolute atomic E-state index is 13.2. The highest BCUT2D eigenvalue weighted by atomic mass is 16.1. The van der Waals surface area contributed by atoms with Crippen LogP contribution in [0.3, 0.4) is 0 Å². The van der Waals surface area contributed by atoms with Gasteiger partial charge in [-0.15, -0.1) is 0 Å². The van der Waals surface area contributed by atoms with Gasteiger partial charge in [0.05, 0.1) is 28.4 Å². The first kappa shape index (κ1) is 20.2. The van der Waals surface area contributed by atoms with Gasteiger partial charge in [0.15, 0.2) is 0 Å². The average Bonchev–Trinajstić information content (AvgIpc) is 3.25. The zero-order chi connectivity index (χ0) is 22.6. The van der Waals surface area contributed by atoms with E-state index in [0.717, 1.165) is 29.8 Å². The van der Waals surface area contributed by atoms with Gasteiger partial charge in [-0.05, 0) is 98.1 Å². The minimum atomic E-state index is -0.168. The van der Waals surface area contributed by atoms with E-state index in [0.29, 0.717) is 22.4 Å². The number of rotatable bonds is 5. The standard InChI is InChI=1S/C28H27N3O2/c29-16-18-3-1-4-22(12-18)26(32)25-7-6-24-23(5-2-8-31(24)25)27(33)30-17-28-13-19-9-20(14-28)11-21(10-19)15-28/h1-8,12,19-21H,9-11,13-15,17H2,(H,30,33). The number of aromatic nitrogens is 1. The number of hydrogen-bond donors (Lipinski definition) is 1. The molecule has 0 atom stereocenters. The van der Waals surface area contributed by atoms with Crippen molar-refractivity contribution >= 4 is 17.2 Å². The zero-order valence-electron chi connectivity index (χ0n) is 18.6. The summed E-state index contributed by atoms with van der Waals surface area (Å²) in [6, 6.07) is 16.0. The van der Waals surface area contributed by atoms with Crippen LogP contribution in [0, 0.1) is 34.5 Å². The molecule has 1 N–H and O–H groups in total. The Balaban J connectivity index is 1.24. The maximum Gasteiger partial charge on any atom is 0.253 e. The summed E-state index contributed by atoms with van der Waals surface area (Å²) in [7, 11) is 0. The van der Waals surface area contributed by atoms with E-state index < -0.39 is 0 Å². The number of carbonyl (C=O) groups is 2. The van der Waals surface area contributed by atoms with Crippen LogP contribution in [0.1, 0.15) is 70.5 Å². The van der Waals surface area contributed by atoms with E-state index in [1.54, 1.807) is 34.7 Å². The number of nitrogens with one attached hydrogen (secondary N) is 1. The molecule has 7 rings (SSSR count). The minimum absolute atomic E-state index is 0.0695. The van der Waals surface area contributed by atoms with Crippen molar-refractivity contribution in [1.82, 2.24) is 9.72 Å². The number of carbonyl (C=O) groups excluding carboxylic acids is 2. The molecule has 1 aromatic carbocycles. The van der Waals surface area contributed by atoms with Crippen molar-refractivity contribution in [3.8, 4) is 6.07 Å². The van der Waals surface area contributed by atoms with E-state index in [1.165, 1.54) is 38.5 Å². The van der Waals surface area contributed by atoms with Gasteiger partial charge in [-0.3, -0.25) is 9.59 Å². The van der Waals surface area contributed by atoms with Gasteiger partial charge in [-0.25, -0.2) is 0 Å². The van der Waals surface area contributed by atoms with Crippen molar-refractivity contribution in [2.45, 2.75) is 38.5 Å². The highest BCUT2D eigenvalue weighted by molar-refractivity contribution is 6.10. The molecule has 4 fully saturated rings. The number of pyridine rings is 1. The Morgan fingerprint density at radius 3 is 2.42 bits per heavy atom. The van der Waals surface area contributed by atoms with Gasteiger partial charge in [0.25, 0.3) is 5.91 Å². The van der Waals surface area contributed by atoms with Crippen molar-refractivity contribution < 1.29 is 9.59 Å². The molecule has 0 spiro atoms. The van der Waals surface area contributed by atoms with Gasteiger partial charge in [0, 0.05) is 18.3 Å². The number of ketones is 1. The molecule has 2 aromatic heterocycles. The summed E-state index contributed by atoms with van der Waals surface area (Å²) in [5.41, 5.74) is 2.99. The highest BCUT2D eigenvalue weighted by Gasteiger charge is 2.50. The first-order chi connectivity index (χ1) is 16.0. The lowest BCUT2D eigenvalue weighted by Crippen LogP contribution is -2.51. The largest absolute Gasteiger partial charge is 0.351 e. The van der Waals surface area contributed by atoms with E-state index in [9.17, 15) is 9.59 Å². The van der Waals surface area contributed by atoms with Crippen LogP contribution in [0.15, 0.2) is 54.7 Å². The Bertz CT molecular complexity index is 1280. The number of amides is 1. The van der Waals surface area contributed by atoms with E-state index in [-0.39, 0.29) is 17.1 Å². The molecule has 2 heterocycles. The first-order valence-corrected chi connectivity index (χ1v) is 12.0. The SMILES string of the molecule is N#Cc1cccc(C(=O)c2ccc3c(C(=O)NCC45CC6CC(CC(C6)C4)C5)cccn23)c1. The maximum atomic E-state index is 13.2. The summed E-state index contributed by atoms with van der Waals surface area (Å²) in [4.78, 5) is 26.4. The predicted octanol–water partition coefficient (Wildman–Crippen LogP) is 4.99. The molecule has 4 aliphatic rings. The first-order valence-electron chi connectivity index (χ1n) is 12.0. The second-order valence-corrected chi connectivity index (χ2v) is 10.5. The van der Waals surface area contributed by atoms with Gasteiger partial charge in [0.2, 0.25) is 5.78 Å². The molecule has 4 aliphatic carbocycles. The molecule has 166 valence electrons. The molecule has 5 heteroatoms. The zero-order valence-corrected chi connectivity index (χ0v) is 18.6. The van der Waals surface area contributed by atoms with Crippen LogP contribution in [0.2, 0.25) is 0 Å². The molecular weight excluding hydrogens is 410 g/mol. The van der Waals surface area contributed by atoms with Gasteiger partial charge < -0.3 is 9.72 Å². The summed E-state index contributed by atoms with van der Waals surface area (Å²) in [6.45, 7) is 0.754. The van der Waals surface area contributed by atoms with Crippen molar-refractivity contribution in [3.63, 3.8) is 0 Å². The van der Waals surface area contributed by atoms with Gasteiger partial charge in [-0.1, -0.05) is 12.1 Å². The van der Waals surface area contributed by atoms with Crippen molar-refractivity contribution in [2.75, 3.05) is 6.54 Å². The molecule has 1 amide bonds. The van der Waals surface area contributed by atoms with Crippen LogP contribution < -0.4 is 5.32 Å². The Morgan fingerprint density at radius 2 is 1.73 bits per heavy atom. The Morgan fingerprint density at radius 1 is 1.00 bits per heavy atom. The summed E-state index contributed by atoms with van der Waals surface area (Å²) in [5, 5.41) is 12.4. The van der Waals surface area contributed by atoms with Gasteiger partial charge in [-0.2, -0.15) is 5.26 Å². The fourth-order valence-corrected chi connectivity index (χ4v) is 7.26. The predicted molar refractivity (Wildman–Crippen MR) is 125 cm³/mol. The molecule has 33 heavy (non-hydrogen) atoms. The normalized spacial score (nSPS) is 27.4. The van der Waals surface area contributed by atoms with Crippen LogP contribution in [0.4, 0.5) is 0 Å². The van der Waals surface area contributed by atoms with Crippen LogP contribution >= 0.6 is 0 Å². The molecule has 0 aliphatic heterocycles. The minimum Gasteiger partial charge on any atom is -0.351 e. The summed E-state index contributed by atoms with van der Waals surface area (Å²) in [6.07, 6.45) is 9.77. The lowest BCUT2D eigenvalue weighted by molar-refractivity contribution is -0.0503. The van der Waals surface area contributed by atoms with Crippen molar-refractivity contribution in [3.05, 3.63) is 77.1 Å². The highest BCUT2D eigenvalue weighted by Crippen LogP contribution is 2.59. The van der Waals surface area contributed by atoms with Crippen LogP contribution in [-0.2, 0) is 0 Å². The van der Waals surface area contributed by atoms with E-state index in [1.807, 2.05) is 24.4 Å². The molecule has 0 unspecified atom stereocenters. The lowest BCUT2D eigenvalue weighted by Gasteiger charge is -2.56. The third-order valence-electron chi connectivity index (χ3n) is 8.21. The second-order valence-electron chi connectivity index (χ2n) is 10.5. The molecule has 0 radical (unpaired) electrons. The summed E-state index contributed by atoms with van der Waals surface area (Å²) >= 11 is 0. The molecular formula is C28H27N3O2. The Kier molecular flexibility index (Phi) is 4.65. The van der Waals surface area contributed by atoms with Crippen LogP contribution in [0.25, 0.3) is 5.52 Å². The summed E-state index contributed by atoms with van der Waals surface area (Å²) in [5.74, 6) is 2.33. The van der Waals surface area contributed by atoms with Gasteiger partial charge in [0.1, 0.15) is 0 Å². The third kappa shape index (κ3) is 3.45. The number of nitriles is 1. The monoisotopic (exact) mass is 437 g/mol. The van der Waals surface area contributed by atoms with E-state index in [2.05, 4.69) is 11.4 Å². The van der Waals surface area contributed by atoms with Crippen molar-refractivity contribution in [2.24, 2.45) is 23.2 Å². The lowest BCUT2D eigenvalue weighted by atomic mass is 9.49. The average molecular weight is 438 g/mol. The summed E-state index contributed by atoms with van der Waals surface area (Å²) < 4.78 is 1.78. The smallest absolute Gasteiger partial charge is 0.253 e. The molecule has 4 saturated carbocycles. The van der Waals surface area contributed by atoms with E-state index in [4.69, 9.17) is 5.26 Å².